The molecular formula is C9H23AsSi. The van der Waals surface area contributed by atoms with Gasteiger partial charge in [-0.1, -0.05) is 0 Å². The van der Waals surface area contributed by atoms with E-state index in [1.165, 1.54) is 5.21 Å². The molecule has 0 heterocycles. The van der Waals surface area contributed by atoms with E-state index in [0.29, 0.717) is 4.20 Å². The van der Waals surface area contributed by atoms with Crippen LogP contribution in [0.3, 0.4) is 0 Å². The Morgan fingerprint density at radius 3 is 1.45 bits per heavy atom. The quantitative estimate of drug-likeness (QED) is 0.639. The Hall–Kier alpha value is 0.775. The Bertz CT molecular complexity index is 105. The van der Waals surface area contributed by atoms with Gasteiger partial charge >= 0.3 is 77.3 Å². The van der Waals surface area contributed by atoms with Gasteiger partial charge in [-0.05, 0) is 0 Å². The molecule has 0 saturated carbocycles. The summed E-state index contributed by atoms with van der Waals surface area (Å²) in [5.74, 6) is 0. The monoisotopic (exact) mass is 234 g/mol. The third-order valence-corrected chi connectivity index (χ3v) is 23.6. The predicted octanol–water partition coefficient (Wildman–Crippen LogP) is 3.72. The van der Waals surface area contributed by atoms with Crippen LogP contribution in [0.4, 0.5) is 0 Å². The standard InChI is InChI=1S/C9H23AsSi/c1-8-10(9(2,3)4)11(5,6)7/h8H2,1-7H3. The van der Waals surface area contributed by atoms with Crippen molar-refractivity contribution < 1.29 is 0 Å². The van der Waals surface area contributed by atoms with Crippen LogP contribution in [0.25, 0.3) is 0 Å². The first-order valence-electron chi connectivity index (χ1n) is 4.47. The van der Waals surface area contributed by atoms with Crippen LogP contribution in [0.2, 0.25) is 29.1 Å². The Morgan fingerprint density at radius 2 is 1.45 bits per heavy atom. The molecular weight excluding hydrogens is 211 g/mol. The predicted molar refractivity (Wildman–Crippen MR) is 59.3 cm³/mol. The van der Waals surface area contributed by atoms with Gasteiger partial charge in [-0.2, -0.15) is 0 Å². The van der Waals surface area contributed by atoms with Crippen LogP contribution < -0.4 is 0 Å². The molecule has 0 bridgehead atoms. The second-order valence-electron chi connectivity index (χ2n) is 5.09. The van der Waals surface area contributed by atoms with Crippen molar-refractivity contribution in [3.05, 3.63) is 0 Å². The topological polar surface area (TPSA) is 0 Å². The van der Waals surface area contributed by atoms with Crippen LogP contribution in [-0.4, -0.2) is 20.5 Å². The van der Waals surface area contributed by atoms with E-state index in [2.05, 4.69) is 47.3 Å². The summed E-state index contributed by atoms with van der Waals surface area (Å²) in [5.41, 5.74) is 0. The van der Waals surface area contributed by atoms with Gasteiger partial charge in [0.25, 0.3) is 0 Å². The molecule has 0 aromatic heterocycles. The molecule has 0 nitrogen and oxygen atoms in total. The number of hydrogen-bond donors (Lipinski definition) is 0. The summed E-state index contributed by atoms with van der Waals surface area (Å²) in [6.07, 6.45) is 0. The van der Waals surface area contributed by atoms with Crippen molar-refractivity contribution in [2.45, 2.75) is 56.7 Å². The minimum atomic E-state index is -0.776. The van der Waals surface area contributed by atoms with Crippen LogP contribution in [0, 0.1) is 0 Å². The van der Waals surface area contributed by atoms with E-state index >= 15 is 0 Å². The first-order chi connectivity index (χ1) is 4.69. The van der Waals surface area contributed by atoms with Gasteiger partial charge in [0.1, 0.15) is 0 Å². The third kappa shape index (κ3) is 3.80. The molecule has 11 heavy (non-hydrogen) atoms. The number of rotatable bonds is 2. The van der Waals surface area contributed by atoms with Crippen LogP contribution in [0.1, 0.15) is 27.7 Å². The van der Waals surface area contributed by atoms with Gasteiger partial charge in [0.05, 0.1) is 0 Å². The van der Waals surface area contributed by atoms with Gasteiger partial charge in [-0.15, -0.1) is 0 Å². The molecule has 0 aromatic carbocycles. The van der Waals surface area contributed by atoms with E-state index in [-0.39, 0.29) is 0 Å². The molecule has 0 spiro atoms. The normalized spacial score (nSPS) is 16.6. The summed E-state index contributed by atoms with van der Waals surface area (Å²) >= 11 is -0.521. The Labute approximate surface area is 77.4 Å². The maximum atomic E-state index is 2.54. The Morgan fingerprint density at radius 1 is 1.09 bits per heavy atom. The summed E-state index contributed by atoms with van der Waals surface area (Å²) in [7, 11) is 0. The van der Waals surface area contributed by atoms with Crippen LogP contribution in [0.5, 0.6) is 0 Å². The summed E-state index contributed by atoms with van der Waals surface area (Å²) in [6, 6.07) is 0. The first-order valence-corrected chi connectivity index (χ1v) is 13.0. The van der Waals surface area contributed by atoms with Gasteiger partial charge in [-0.25, -0.2) is 0 Å². The SMILES string of the molecule is CC[As](C(C)(C)C)[Si](C)(C)C. The molecule has 0 aliphatic carbocycles. The van der Waals surface area contributed by atoms with Crippen LogP contribution in [0.15, 0.2) is 0 Å². The molecule has 2 heteroatoms. The summed E-state index contributed by atoms with van der Waals surface area (Å²) in [6.45, 7) is 16.6. The molecule has 0 aromatic rings. The molecule has 0 rings (SSSR count). The minimum absolute atomic E-state index is 0.521. The van der Waals surface area contributed by atoms with Crippen molar-refractivity contribution in [2.75, 3.05) is 0 Å². The van der Waals surface area contributed by atoms with E-state index in [9.17, 15) is 0 Å². The molecule has 1 unspecified atom stereocenters. The molecule has 0 saturated heterocycles. The molecule has 68 valence electrons. The second-order valence-corrected chi connectivity index (χ2v) is 26.6. The van der Waals surface area contributed by atoms with Gasteiger partial charge < -0.3 is 0 Å². The van der Waals surface area contributed by atoms with Crippen molar-refractivity contribution in [2.24, 2.45) is 0 Å². The second kappa shape index (κ2) is 3.66. The average Bonchev–Trinajstić information content (AvgIpc) is 1.56. The van der Waals surface area contributed by atoms with E-state index in [0.717, 1.165) is 0 Å². The van der Waals surface area contributed by atoms with Crippen LogP contribution >= 0.6 is 0 Å². The van der Waals surface area contributed by atoms with Crippen molar-refractivity contribution in [3.63, 3.8) is 0 Å². The number of hydrogen-bond acceptors (Lipinski definition) is 0. The Balaban J connectivity index is 4.43. The fourth-order valence-electron chi connectivity index (χ4n) is 1.95. The first kappa shape index (κ1) is 11.8. The fourth-order valence-corrected chi connectivity index (χ4v) is 25.5. The van der Waals surface area contributed by atoms with Crippen molar-refractivity contribution >= 4 is 20.5 Å². The van der Waals surface area contributed by atoms with Crippen LogP contribution in [-0.2, 0) is 0 Å². The van der Waals surface area contributed by atoms with Gasteiger partial charge in [-0.3, -0.25) is 0 Å². The Kier molecular flexibility index (Phi) is 3.92. The molecule has 0 amide bonds. The summed E-state index contributed by atoms with van der Waals surface area (Å²) in [4.78, 5) is 0. The van der Waals surface area contributed by atoms with Crippen molar-refractivity contribution in [3.8, 4) is 0 Å². The van der Waals surface area contributed by atoms with E-state index in [4.69, 9.17) is 0 Å². The third-order valence-electron chi connectivity index (χ3n) is 1.94. The molecule has 0 N–H and O–H groups in total. The van der Waals surface area contributed by atoms with E-state index in [1.807, 2.05) is 0 Å². The van der Waals surface area contributed by atoms with E-state index in [1.54, 1.807) is 0 Å². The zero-order chi connectivity index (χ0) is 9.28. The zero-order valence-electron chi connectivity index (χ0n) is 9.15. The summed E-state index contributed by atoms with van der Waals surface area (Å²) in [5, 5.41) is 1.49. The fraction of sp³-hybridized carbons (Fsp3) is 1.00. The molecule has 0 fully saturated rings. The molecule has 0 aliphatic rings. The maximum absolute atomic E-state index is 2.54. The molecule has 0 aliphatic heterocycles. The van der Waals surface area contributed by atoms with Crippen molar-refractivity contribution in [1.82, 2.24) is 0 Å². The average molecular weight is 234 g/mol. The molecule has 0 radical (unpaired) electrons. The summed E-state index contributed by atoms with van der Waals surface area (Å²) < 4.78 is 0.659. The van der Waals surface area contributed by atoms with Gasteiger partial charge in [0.15, 0.2) is 0 Å². The van der Waals surface area contributed by atoms with Gasteiger partial charge in [0, 0.05) is 0 Å². The van der Waals surface area contributed by atoms with Gasteiger partial charge in [0.2, 0.25) is 0 Å². The van der Waals surface area contributed by atoms with Crippen molar-refractivity contribution in [1.29, 1.82) is 0 Å². The van der Waals surface area contributed by atoms with E-state index < -0.39 is 20.5 Å². The zero-order valence-corrected chi connectivity index (χ0v) is 12.0. The molecule has 1 atom stereocenters.